The van der Waals surface area contributed by atoms with Gasteiger partial charge in [0.05, 0.1) is 16.5 Å². The fraction of sp³-hybridized carbons (Fsp3) is 0.241. The molecule has 0 amide bonds. The van der Waals surface area contributed by atoms with Crippen LogP contribution in [0.25, 0.3) is 26.9 Å². The van der Waals surface area contributed by atoms with Crippen LogP contribution in [0.4, 0.5) is 9.52 Å². The van der Waals surface area contributed by atoms with Crippen molar-refractivity contribution >= 4 is 38.9 Å². The van der Waals surface area contributed by atoms with Gasteiger partial charge in [-0.15, -0.1) is 0 Å². The van der Waals surface area contributed by atoms with Gasteiger partial charge < -0.3 is 15.0 Å². The summed E-state index contributed by atoms with van der Waals surface area (Å²) in [5.41, 5.74) is 5.27. The molecule has 1 aliphatic heterocycles. The summed E-state index contributed by atoms with van der Waals surface area (Å²) in [6, 6.07) is 15.0. The Balaban J connectivity index is 1.38. The molecule has 3 heterocycles. The van der Waals surface area contributed by atoms with Gasteiger partial charge in [0, 0.05) is 41.7 Å². The number of H-pyrrole nitrogens is 1. The molecule has 2 aliphatic rings. The Morgan fingerprint density at radius 3 is 2.81 bits per heavy atom. The number of rotatable bonds is 5. The average Bonchev–Trinajstić information content (AvgIpc) is 3.57. The second-order valence-corrected chi connectivity index (χ2v) is 10.4. The van der Waals surface area contributed by atoms with Gasteiger partial charge in [-0.1, -0.05) is 53.8 Å². The van der Waals surface area contributed by atoms with E-state index in [1.807, 2.05) is 24.4 Å². The van der Waals surface area contributed by atoms with Crippen LogP contribution in [-0.4, -0.2) is 34.1 Å². The second-order valence-electron chi connectivity index (χ2n) is 9.45. The van der Waals surface area contributed by atoms with E-state index in [2.05, 4.69) is 46.3 Å². The van der Waals surface area contributed by atoms with Gasteiger partial charge in [-0.3, -0.25) is 4.79 Å². The number of carbonyl (C=O) groups is 1. The van der Waals surface area contributed by atoms with Crippen molar-refractivity contribution < 1.29 is 14.3 Å². The first-order valence-corrected chi connectivity index (χ1v) is 13.1. The monoisotopic (exact) mass is 499 g/mol. The molecule has 2 aromatic carbocycles. The van der Waals surface area contributed by atoms with Crippen LogP contribution in [-0.2, 0) is 4.79 Å². The van der Waals surface area contributed by atoms with E-state index in [0.29, 0.717) is 13.0 Å². The number of allylic oxidation sites excluding steroid dienone is 4. The topological polar surface area (TPSA) is 69.2 Å². The van der Waals surface area contributed by atoms with Crippen LogP contribution in [0.3, 0.4) is 0 Å². The van der Waals surface area contributed by atoms with Crippen molar-refractivity contribution in [1.82, 2.24) is 9.97 Å². The van der Waals surface area contributed by atoms with Gasteiger partial charge in [-0.05, 0) is 54.7 Å². The van der Waals surface area contributed by atoms with Crippen LogP contribution in [0.2, 0.25) is 0 Å². The molecule has 4 aromatic rings. The number of aromatic nitrogens is 2. The van der Waals surface area contributed by atoms with Crippen molar-refractivity contribution in [1.29, 1.82) is 0 Å². The molecule has 1 saturated heterocycles. The Labute approximate surface area is 212 Å². The van der Waals surface area contributed by atoms with E-state index in [-0.39, 0.29) is 17.7 Å². The predicted octanol–water partition coefficient (Wildman–Crippen LogP) is 6.86. The Kier molecular flexibility index (Phi) is 5.93. The number of thiazole rings is 1. The molecule has 2 N–H and O–H groups in total. The lowest BCUT2D eigenvalue weighted by Gasteiger charge is -2.30. The maximum absolute atomic E-state index is 13.4. The third-order valence-electron chi connectivity index (χ3n) is 7.17. The Bertz CT molecular complexity index is 1480. The van der Waals surface area contributed by atoms with Crippen LogP contribution in [0.5, 0.6) is 0 Å². The van der Waals surface area contributed by atoms with Crippen molar-refractivity contribution in [3.63, 3.8) is 0 Å². The first-order chi connectivity index (χ1) is 17.6. The van der Waals surface area contributed by atoms with E-state index < -0.39 is 5.97 Å². The van der Waals surface area contributed by atoms with Gasteiger partial charge in [0.15, 0.2) is 5.13 Å². The molecule has 2 unspecified atom stereocenters. The summed E-state index contributed by atoms with van der Waals surface area (Å²) >= 11 is 1.64. The summed E-state index contributed by atoms with van der Waals surface area (Å²) < 4.78 is 13.4. The zero-order valence-electron chi connectivity index (χ0n) is 19.7. The van der Waals surface area contributed by atoms with Crippen molar-refractivity contribution in [3.8, 4) is 10.4 Å². The molecule has 36 heavy (non-hydrogen) atoms. The maximum atomic E-state index is 13.4. The Morgan fingerprint density at radius 1 is 1.17 bits per heavy atom. The van der Waals surface area contributed by atoms with Crippen LogP contribution in [0.15, 0.2) is 73.0 Å². The third-order valence-corrected chi connectivity index (χ3v) is 8.32. The lowest BCUT2D eigenvalue weighted by Crippen LogP contribution is -2.38. The minimum atomic E-state index is -0.737. The Morgan fingerprint density at radius 2 is 2.03 bits per heavy atom. The van der Waals surface area contributed by atoms with E-state index in [1.54, 1.807) is 11.3 Å². The number of carboxylic acids is 1. The molecule has 182 valence electrons. The number of anilines is 1. The van der Waals surface area contributed by atoms with Gasteiger partial charge in [0.1, 0.15) is 5.82 Å². The van der Waals surface area contributed by atoms with Crippen LogP contribution >= 0.6 is 11.3 Å². The number of fused-ring (bicyclic) bond motifs is 1. The predicted molar refractivity (Wildman–Crippen MR) is 143 cm³/mol. The molecule has 0 bridgehead atoms. The molecule has 0 saturated carbocycles. The third kappa shape index (κ3) is 4.24. The molecule has 5 nitrogen and oxygen atoms in total. The minimum Gasteiger partial charge on any atom is -0.481 e. The molecule has 1 aliphatic carbocycles. The van der Waals surface area contributed by atoms with Gasteiger partial charge in [0.2, 0.25) is 0 Å². The number of hydrogen-bond donors (Lipinski definition) is 2. The molecular weight excluding hydrogens is 473 g/mol. The molecule has 1 fully saturated rings. The van der Waals surface area contributed by atoms with E-state index in [1.165, 1.54) is 12.1 Å². The van der Waals surface area contributed by atoms with Gasteiger partial charge in [0.25, 0.3) is 0 Å². The highest BCUT2D eigenvalue weighted by atomic mass is 32.1. The highest BCUT2D eigenvalue weighted by Crippen LogP contribution is 2.43. The molecular formula is C29H26FN3O2S. The number of piperidine rings is 1. The quantitative estimate of drug-likeness (QED) is 0.315. The summed E-state index contributed by atoms with van der Waals surface area (Å²) in [5.74, 6) is -1.13. The number of nitrogens with one attached hydrogen (secondary N) is 1. The second kappa shape index (κ2) is 9.39. The van der Waals surface area contributed by atoms with Gasteiger partial charge in [-0.25, -0.2) is 9.37 Å². The van der Waals surface area contributed by atoms with Crippen LogP contribution in [0.1, 0.15) is 36.4 Å². The smallest absolute Gasteiger partial charge is 0.308 e. The standard InChI is InChI=1S/C29H26FN3O2S/c30-22-12-10-19(11-13-22)18-6-8-20(9-7-18)26-27(24-4-1-5-25-23(24)14-15-31-25)36-29(32-26)33-16-2-3-21(17-33)28(34)35/h1,4-6,8-15,18,21,31H,2-3,7,16-17H2,(H,34,35). The fourth-order valence-electron chi connectivity index (χ4n) is 5.21. The summed E-state index contributed by atoms with van der Waals surface area (Å²) in [7, 11) is 0. The van der Waals surface area contributed by atoms with Gasteiger partial charge >= 0.3 is 5.97 Å². The van der Waals surface area contributed by atoms with Crippen molar-refractivity contribution in [2.75, 3.05) is 18.0 Å². The lowest BCUT2D eigenvalue weighted by molar-refractivity contribution is -0.141. The SMILES string of the molecule is O=C(O)C1CCCN(c2nc(C3=CCC(c4ccc(F)cc4)C=C3)c(-c3cccc4[nH]ccc34)s2)C1. The first kappa shape index (κ1) is 22.7. The van der Waals surface area contributed by atoms with Crippen molar-refractivity contribution in [2.24, 2.45) is 5.92 Å². The molecule has 2 aromatic heterocycles. The largest absolute Gasteiger partial charge is 0.481 e. The average molecular weight is 500 g/mol. The number of carboxylic acid groups (broad SMARTS) is 1. The molecule has 7 heteroatoms. The Hall–Kier alpha value is -3.71. The van der Waals surface area contributed by atoms with Crippen LogP contribution in [0, 0.1) is 11.7 Å². The summed E-state index contributed by atoms with van der Waals surface area (Å²) in [5, 5.41) is 11.6. The summed E-state index contributed by atoms with van der Waals surface area (Å²) in [6.07, 6.45) is 10.8. The van der Waals surface area contributed by atoms with E-state index in [9.17, 15) is 14.3 Å². The van der Waals surface area contributed by atoms with Crippen molar-refractivity contribution in [2.45, 2.75) is 25.2 Å². The molecule has 0 radical (unpaired) electrons. The summed E-state index contributed by atoms with van der Waals surface area (Å²) in [4.78, 5) is 23.3. The number of aliphatic carboxylic acids is 1. The van der Waals surface area contributed by atoms with Gasteiger partial charge in [-0.2, -0.15) is 0 Å². The zero-order valence-corrected chi connectivity index (χ0v) is 20.5. The van der Waals surface area contributed by atoms with E-state index in [0.717, 1.165) is 62.7 Å². The molecule has 6 rings (SSSR count). The number of benzene rings is 2. The van der Waals surface area contributed by atoms with Crippen molar-refractivity contribution in [3.05, 3.63) is 90.0 Å². The lowest BCUT2D eigenvalue weighted by atomic mass is 9.89. The number of hydrogen-bond acceptors (Lipinski definition) is 4. The van der Waals surface area contributed by atoms with Crippen LogP contribution < -0.4 is 4.90 Å². The molecule has 0 spiro atoms. The first-order valence-electron chi connectivity index (χ1n) is 12.3. The number of halogens is 1. The highest BCUT2D eigenvalue weighted by molar-refractivity contribution is 7.19. The number of aromatic amines is 1. The zero-order chi connectivity index (χ0) is 24.6. The minimum absolute atomic E-state index is 0.197. The molecule has 2 atom stereocenters. The highest BCUT2D eigenvalue weighted by Gasteiger charge is 2.29. The summed E-state index contributed by atoms with van der Waals surface area (Å²) in [6.45, 7) is 1.30. The normalized spacial score (nSPS) is 20.0. The van der Waals surface area contributed by atoms with E-state index in [4.69, 9.17) is 4.98 Å². The number of nitrogens with zero attached hydrogens (tertiary/aromatic N) is 2. The van der Waals surface area contributed by atoms with E-state index >= 15 is 0 Å². The fourth-order valence-corrected chi connectivity index (χ4v) is 6.37. The maximum Gasteiger partial charge on any atom is 0.308 e.